The average Bonchev–Trinajstić information content (AvgIpc) is 3.16. The second-order valence-corrected chi connectivity index (χ2v) is 7.71. The summed E-state index contributed by atoms with van der Waals surface area (Å²) in [6.07, 6.45) is 0.538. The summed E-state index contributed by atoms with van der Waals surface area (Å²) in [6, 6.07) is 0.839. The van der Waals surface area contributed by atoms with E-state index in [-0.39, 0.29) is 6.10 Å². The van der Waals surface area contributed by atoms with E-state index in [1.54, 1.807) is 14.2 Å². The predicted molar refractivity (Wildman–Crippen MR) is 64.2 cm³/mol. The van der Waals surface area contributed by atoms with E-state index in [4.69, 9.17) is 18.3 Å². The van der Waals surface area contributed by atoms with Gasteiger partial charge < -0.3 is 23.6 Å². The fourth-order valence-electron chi connectivity index (χ4n) is 1.27. The van der Waals surface area contributed by atoms with Crippen LogP contribution in [-0.4, -0.2) is 54.7 Å². The van der Waals surface area contributed by atoms with Gasteiger partial charge in [-0.2, -0.15) is 0 Å². The lowest BCUT2D eigenvalue weighted by Crippen LogP contribution is -2.37. The Labute approximate surface area is 103 Å². The molecule has 0 saturated carbocycles. The van der Waals surface area contributed by atoms with Gasteiger partial charge in [0.2, 0.25) is 0 Å². The molecule has 1 N–H and O–H groups in total. The van der Waals surface area contributed by atoms with Crippen molar-refractivity contribution in [3.8, 4) is 0 Å². The molecular weight excluding hydrogens is 242 g/mol. The van der Waals surface area contributed by atoms with Crippen molar-refractivity contribution in [2.45, 2.75) is 25.1 Å². The van der Waals surface area contributed by atoms with Gasteiger partial charge in [0.25, 0.3) is 0 Å². The van der Waals surface area contributed by atoms with Gasteiger partial charge in [-0.05, 0) is 19.0 Å². The molecule has 1 aliphatic rings. The molecule has 0 radical (unpaired) electrons. The molecule has 1 unspecified atom stereocenters. The molecule has 1 aliphatic heterocycles. The monoisotopic (exact) mass is 263 g/mol. The van der Waals surface area contributed by atoms with Crippen molar-refractivity contribution in [3.63, 3.8) is 0 Å². The topological polar surface area (TPSA) is 69.3 Å². The number of hydrogen-bond acceptors (Lipinski definition) is 5. The number of hydrogen-bond donors (Lipinski definition) is 1. The van der Waals surface area contributed by atoms with Gasteiger partial charge in [-0.15, -0.1) is 0 Å². The average molecular weight is 263 g/mol. The number of ether oxygens (including phenoxy) is 2. The van der Waals surface area contributed by atoms with Crippen molar-refractivity contribution in [2.24, 2.45) is 0 Å². The first-order valence-corrected chi connectivity index (χ1v) is 8.24. The van der Waals surface area contributed by atoms with Crippen molar-refractivity contribution >= 4 is 14.7 Å². The number of epoxide rings is 1. The van der Waals surface area contributed by atoms with Crippen molar-refractivity contribution in [3.05, 3.63) is 0 Å². The summed E-state index contributed by atoms with van der Waals surface area (Å²) in [5, 5.41) is 2.68. The Morgan fingerprint density at radius 3 is 2.65 bits per heavy atom. The lowest BCUT2D eigenvalue weighted by Gasteiger charge is -2.22. The smallest absolute Gasteiger partial charge is 0.407 e. The normalized spacial score (nSPS) is 18.9. The third kappa shape index (κ3) is 6.01. The first kappa shape index (κ1) is 14.4. The van der Waals surface area contributed by atoms with Crippen molar-refractivity contribution in [1.82, 2.24) is 5.32 Å². The Morgan fingerprint density at radius 1 is 1.47 bits per heavy atom. The quantitative estimate of drug-likeness (QED) is 0.400. The molecule has 0 aromatic rings. The van der Waals surface area contributed by atoms with Crippen LogP contribution in [0.25, 0.3) is 0 Å². The molecule has 1 rings (SSSR count). The van der Waals surface area contributed by atoms with E-state index in [1.165, 1.54) is 0 Å². The molecule has 0 aromatic heterocycles. The fraction of sp³-hybridized carbons (Fsp3) is 0.900. The molecule has 0 aliphatic carbocycles. The summed E-state index contributed by atoms with van der Waals surface area (Å²) < 4.78 is 20.5. The highest BCUT2D eigenvalue weighted by atomic mass is 28.4. The summed E-state index contributed by atoms with van der Waals surface area (Å²) in [7, 11) is 1.31. The SMILES string of the molecule is CO[Si](C)(CCCNC(=O)OCC1CO1)OC. The van der Waals surface area contributed by atoms with Gasteiger partial charge in [0.05, 0.1) is 6.61 Å². The minimum absolute atomic E-state index is 0.110. The van der Waals surface area contributed by atoms with Gasteiger partial charge >= 0.3 is 14.7 Å². The third-order valence-corrected chi connectivity index (χ3v) is 5.73. The van der Waals surface area contributed by atoms with E-state index in [0.717, 1.165) is 12.5 Å². The van der Waals surface area contributed by atoms with Crippen molar-refractivity contribution in [2.75, 3.05) is 34.0 Å². The Kier molecular flexibility index (Phi) is 5.90. The van der Waals surface area contributed by atoms with Crippen LogP contribution in [0.4, 0.5) is 4.79 Å². The van der Waals surface area contributed by atoms with Gasteiger partial charge in [0.1, 0.15) is 12.7 Å². The molecule has 1 fully saturated rings. The number of alkyl carbamates (subject to hydrolysis) is 1. The second kappa shape index (κ2) is 6.95. The van der Waals surface area contributed by atoms with E-state index < -0.39 is 14.7 Å². The summed E-state index contributed by atoms with van der Waals surface area (Å²) in [4.78, 5) is 11.2. The van der Waals surface area contributed by atoms with E-state index in [0.29, 0.717) is 19.8 Å². The molecule has 1 atom stereocenters. The van der Waals surface area contributed by atoms with Crippen LogP contribution >= 0.6 is 0 Å². The van der Waals surface area contributed by atoms with Gasteiger partial charge in [0, 0.05) is 20.8 Å². The van der Waals surface area contributed by atoms with E-state index in [1.807, 2.05) is 6.55 Å². The Balaban J connectivity index is 2.00. The van der Waals surface area contributed by atoms with E-state index in [2.05, 4.69) is 5.32 Å². The van der Waals surface area contributed by atoms with Crippen LogP contribution in [-0.2, 0) is 18.3 Å². The van der Waals surface area contributed by atoms with E-state index >= 15 is 0 Å². The fourth-order valence-corrected chi connectivity index (χ4v) is 2.67. The summed E-state index contributed by atoms with van der Waals surface area (Å²) in [6.45, 7) is 3.60. The Morgan fingerprint density at radius 2 is 2.12 bits per heavy atom. The third-order valence-electron chi connectivity index (χ3n) is 2.74. The number of amides is 1. The molecule has 17 heavy (non-hydrogen) atoms. The van der Waals surface area contributed by atoms with E-state index in [9.17, 15) is 4.79 Å². The predicted octanol–water partition coefficient (Wildman–Crippen LogP) is 0.866. The maximum Gasteiger partial charge on any atom is 0.407 e. The first-order valence-electron chi connectivity index (χ1n) is 5.72. The molecule has 100 valence electrons. The van der Waals surface area contributed by atoms with Crippen LogP contribution in [0.5, 0.6) is 0 Å². The second-order valence-electron chi connectivity index (χ2n) is 4.13. The van der Waals surface area contributed by atoms with Crippen LogP contribution < -0.4 is 5.32 Å². The zero-order chi connectivity index (χ0) is 12.7. The summed E-state index contributed by atoms with van der Waals surface area (Å²) >= 11 is 0. The van der Waals surface area contributed by atoms with Gasteiger partial charge in [0.15, 0.2) is 0 Å². The standard InChI is InChI=1S/C10H21NO5Si/c1-13-17(3,14-2)6-4-5-11-10(12)16-8-9-7-15-9/h9H,4-8H2,1-3H3,(H,11,12). The zero-order valence-corrected chi connectivity index (χ0v) is 11.7. The highest BCUT2D eigenvalue weighted by Gasteiger charge is 2.28. The zero-order valence-electron chi connectivity index (χ0n) is 10.7. The minimum atomic E-state index is -2.01. The lowest BCUT2D eigenvalue weighted by molar-refractivity contribution is 0.136. The lowest BCUT2D eigenvalue weighted by atomic mass is 10.5. The molecule has 0 spiro atoms. The van der Waals surface area contributed by atoms with Crippen LogP contribution in [0.15, 0.2) is 0 Å². The Bertz CT molecular complexity index is 243. The molecule has 1 heterocycles. The number of carbonyl (C=O) groups is 1. The molecule has 1 saturated heterocycles. The Hall–Kier alpha value is -0.633. The van der Waals surface area contributed by atoms with Crippen molar-refractivity contribution < 1.29 is 23.1 Å². The van der Waals surface area contributed by atoms with Gasteiger partial charge in [-0.25, -0.2) is 4.79 Å². The minimum Gasteiger partial charge on any atom is -0.447 e. The molecule has 6 nitrogen and oxygen atoms in total. The number of rotatable bonds is 8. The van der Waals surface area contributed by atoms with Gasteiger partial charge in [-0.1, -0.05) is 0 Å². The van der Waals surface area contributed by atoms with Crippen LogP contribution in [0.3, 0.4) is 0 Å². The number of nitrogens with one attached hydrogen (secondary N) is 1. The van der Waals surface area contributed by atoms with Gasteiger partial charge in [-0.3, -0.25) is 0 Å². The first-order chi connectivity index (χ1) is 8.09. The summed E-state index contributed by atoms with van der Waals surface area (Å²) in [5.74, 6) is 0. The molecule has 0 bridgehead atoms. The van der Waals surface area contributed by atoms with Crippen LogP contribution in [0, 0.1) is 0 Å². The highest BCUT2D eigenvalue weighted by molar-refractivity contribution is 6.65. The maximum absolute atomic E-state index is 11.2. The van der Waals surface area contributed by atoms with Crippen LogP contribution in [0.2, 0.25) is 12.6 Å². The number of carbonyl (C=O) groups excluding carboxylic acids is 1. The largest absolute Gasteiger partial charge is 0.447 e. The molecule has 1 amide bonds. The molecule has 0 aromatic carbocycles. The maximum atomic E-state index is 11.2. The van der Waals surface area contributed by atoms with Crippen LogP contribution in [0.1, 0.15) is 6.42 Å². The summed E-state index contributed by atoms with van der Waals surface area (Å²) in [5.41, 5.74) is 0. The van der Waals surface area contributed by atoms with Crippen molar-refractivity contribution in [1.29, 1.82) is 0 Å². The molecular formula is C10H21NO5Si. The molecule has 7 heteroatoms. The highest BCUT2D eigenvalue weighted by Crippen LogP contribution is 2.13.